The Hall–Kier alpha value is -1.64. The molecule has 1 amide bonds. The molecule has 0 fully saturated rings. The van der Waals surface area contributed by atoms with Crippen LogP contribution >= 0.6 is 0 Å². The number of anilines is 1. The Morgan fingerprint density at radius 3 is 2.62 bits per heavy atom. The average molecular weight is 216 g/mol. The zero-order valence-corrected chi connectivity index (χ0v) is 9.73. The molecule has 0 aromatic heterocycles. The molecule has 0 radical (unpaired) electrons. The molecule has 1 aromatic rings. The van der Waals surface area contributed by atoms with E-state index in [-0.39, 0.29) is 5.91 Å². The molecule has 84 valence electrons. The summed E-state index contributed by atoms with van der Waals surface area (Å²) in [5.41, 5.74) is 3.04. The molecule has 0 saturated carbocycles. The molecule has 1 aliphatic heterocycles. The molecule has 0 bridgehead atoms. The molecule has 1 aromatic carbocycles. The van der Waals surface area contributed by atoms with Crippen molar-refractivity contribution in [3.05, 3.63) is 29.8 Å². The smallest absolute Gasteiger partial charge is 0.253 e. The monoisotopic (exact) mass is 216 g/mol. The van der Waals surface area contributed by atoms with E-state index < -0.39 is 0 Å². The maximum Gasteiger partial charge on any atom is 0.253 e. The lowest BCUT2D eigenvalue weighted by Crippen LogP contribution is -2.19. The van der Waals surface area contributed by atoms with Crippen LogP contribution < -0.4 is 5.01 Å². The van der Waals surface area contributed by atoms with Crippen LogP contribution in [0.4, 0.5) is 5.69 Å². The second-order valence-corrected chi connectivity index (χ2v) is 4.13. The lowest BCUT2D eigenvalue weighted by molar-refractivity contribution is -0.116. The molecule has 2 rings (SSSR count). The second-order valence-electron chi connectivity index (χ2n) is 4.13. The van der Waals surface area contributed by atoms with Gasteiger partial charge in [0.1, 0.15) is 0 Å². The standard InChI is InChI=1S/C13H16N2O/c1-3-4-11-9-13(16)15(14-11)12-7-5-10(2)6-8-12/h5-8H,3-4,9H2,1-2H3. The van der Waals surface area contributed by atoms with E-state index in [9.17, 15) is 4.79 Å². The molecule has 0 saturated heterocycles. The predicted octanol–water partition coefficient (Wildman–Crippen LogP) is 2.89. The summed E-state index contributed by atoms with van der Waals surface area (Å²) in [6, 6.07) is 7.86. The van der Waals surface area contributed by atoms with Gasteiger partial charge in [-0.25, -0.2) is 5.01 Å². The first-order chi connectivity index (χ1) is 7.70. The van der Waals surface area contributed by atoms with Crippen molar-refractivity contribution in [1.29, 1.82) is 0 Å². The quantitative estimate of drug-likeness (QED) is 0.764. The van der Waals surface area contributed by atoms with Crippen LogP contribution in [0.25, 0.3) is 0 Å². The van der Waals surface area contributed by atoms with Gasteiger partial charge in [0.2, 0.25) is 0 Å². The molecule has 1 heterocycles. The molecule has 0 spiro atoms. The number of amides is 1. The fourth-order valence-corrected chi connectivity index (χ4v) is 1.80. The molecular weight excluding hydrogens is 200 g/mol. The van der Waals surface area contributed by atoms with Crippen molar-refractivity contribution in [3.63, 3.8) is 0 Å². The van der Waals surface area contributed by atoms with Gasteiger partial charge in [0.25, 0.3) is 5.91 Å². The minimum absolute atomic E-state index is 0.0762. The maximum absolute atomic E-state index is 11.8. The Morgan fingerprint density at radius 2 is 2.00 bits per heavy atom. The Bertz CT molecular complexity index is 420. The number of aryl methyl sites for hydroxylation is 1. The van der Waals surface area contributed by atoms with Crippen molar-refractivity contribution in [2.24, 2.45) is 5.10 Å². The van der Waals surface area contributed by atoms with E-state index in [0.717, 1.165) is 24.2 Å². The number of carbonyl (C=O) groups excluding carboxylic acids is 1. The van der Waals surface area contributed by atoms with Crippen molar-refractivity contribution in [3.8, 4) is 0 Å². The summed E-state index contributed by atoms with van der Waals surface area (Å²) in [6.45, 7) is 4.13. The molecule has 0 N–H and O–H groups in total. The zero-order valence-electron chi connectivity index (χ0n) is 9.73. The largest absolute Gasteiger partial charge is 0.272 e. The van der Waals surface area contributed by atoms with Crippen molar-refractivity contribution in [2.75, 3.05) is 5.01 Å². The summed E-state index contributed by atoms with van der Waals surface area (Å²) in [5.74, 6) is 0.0762. The molecule has 3 nitrogen and oxygen atoms in total. The highest BCUT2D eigenvalue weighted by molar-refractivity contribution is 6.12. The molecule has 0 aliphatic carbocycles. The first kappa shape index (κ1) is 10.9. The Morgan fingerprint density at radius 1 is 1.31 bits per heavy atom. The van der Waals surface area contributed by atoms with E-state index in [0.29, 0.717) is 6.42 Å². The fraction of sp³-hybridized carbons (Fsp3) is 0.385. The molecule has 0 unspecified atom stereocenters. The second kappa shape index (κ2) is 4.47. The van der Waals surface area contributed by atoms with Crippen molar-refractivity contribution in [1.82, 2.24) is 0 Å². The first-order valence-corrected chi connectivity index (χ1v) is 5.66. The number of carbonyl (C=O) groups is 1. The van der Waals surface area contributed by atoms with Crippen LogP contribution in [-0.4, -0.2) is 11.6 Å². The van der Waals surface area contributed by atoms with E-state index in [4.69, 9.17) is 0 Å². The number of benzene rings is 1. The Kier molecular flexibility index (Phi) is 3.04. The first-order valence-electron chi connectivity index (χ1n) is 5.66. The van der Waals surface area contributed by atoms with Crippen molar-refractivity contribution in [2.45, 2.75) is 33.1 Å². The molecule has 1 aliphatic rings. The third-order valence-corrected chi connectivity index (χ3v) is 2.65. The van der Waals surface area contributed by atoms with Gasteiger partial charge in [0.05, 0.1) is 12.1 Å². The van der Waals surface area contributed by atoms with Gasteiger partial charge in [-0.05, 0) is 25.5 Å². The lowest BCUT2D eigenvalue weighted by atomic mass is 10.2. The topological polar surface area (TPSA) is 32.7 Å². The maximum atomic E-state index is 11.8. The van der Waals surface area contributed by atoms with Gasteiger partial charge in [-0.2, -0.15) is 5.10 Å². The Labute approximate surface area is 95.8 Å². The van der Waals surface area contributed by atoms with Gasteiger partial charge in [-0.3, -0.25) is 4.79 Å². The molecule has 0 atom stereocenters. The van der Waals surface area contributed by atoms with E-state index >= 15 is 0 Å². The van der Waals surface area contributed by atoms with E-state index in [1.165, 1.54) is 10.6 Å². The summed E-state index contributed by atoms with van der Waals surface area (Å²) in [7, 11) is 0. The van der Waals surface area contributed by atoms with Gasteiger partial charge in [-0.15, -0.1) is 0 Å². The summed E-state index contributed by atoms with van der Waals surface area (Å²) in [4.78, 5) is 11.8. The van der Waals surface area contributed by atoms with E-state index in [1.54, 1.807) is 0 Å². The van der Waals surface area contributed by atoms with Gasteiger partial charge in [-0.1, -0.05) is 31.0 Å². The predicted molar refractivity (Wildman–Crippen MR) is 65.6 cm³/mol. The lowest BCUT2D eigenvalue weighted by Gasteiger charge is -2.11. The third-order valence-electron chi connectivity index (χ3n) is 2.65. The SMILES string of the molecule is CCCC1=NN(c2ccc(C)cc2)C(=O)C1. The van der Waals surface area contributed by atoms with Crippen molar-refractivity contribution < 1.29 is 4.79 Å². The van der Waals surface area contributed by atoms with Crippen LogP contribution in [0.15, 0.2) is 29.4 Å². The van der Waals surface area contributed by atoms with Gasteiger partial charge in [0, 0.05) is 5.71 Å². The fourth-order valence-electron chi connectivity index (χ4n) is 1.80. The number of nitrogens with zero attached hydrogens (tertiary/aromatic N) is 2. The summed E-state index contributed by atoms with van der Waals surface area (Å²) in [6.07, 6.45) is 2.42. The number of rotatable bonds is 3. The molecular formula is C13H16N2O. The minimum Gasteiger partial charge on any atom is -0.272 e. The van der Waals surface area contributed by atoms with E-state index in [2.05, 4.69) is 12.0 Å². The van der Waals surface area contributed by atoms with Crippen LogP contribution in [0.5, 0.6) is 0 Å². The summed E-state index contributed by atoms with van der Waals surface area (Å²) >= 11 is 0. The van der Waals surface area contributed by atoms with E-state index in [1.807, 2.05) is 31.2 Å². The number of hydrazone groups is 1. The molecule has 3 heteroatoms. The molecule has 16 heavy (non-hydrogen) atoms. The van der Waals surface area contributed by atoms with Gasteiger partial charge in [0.15, 0.2) is 0 Å². The van der Waals surface area contributed by atoms with Crippen LogP contribution in [0, 0.1) is 6.92 Å². The van der Waals surface area contributed by atoms with Crippen molar-refractivity contribution >= 4 is 17.3 Å². The van der Waals surface area contributed by atoms with Crippen LogP contribution in [0.2, 0.25) is 0 Å². The van der Waals surface area contributed by atoms with Gasteiger partial charge < -0.3 is 0 Å². The summed E-state index contributed by atoms with van der Waals surface area (Å²) in [5, 5.41) is 5.88. The van der Waals surface area contributed by atoms with Gasteiger partial charge >= 0.3 is 0 Å². The van der Waals surface area contributed by atoms with Crippen LogP contribution in [-0.2, 0) is 4.79 Å². The highest BCUT2D eigenvalue weighted by Gasteiger charge is 2.24. The highest BCUT2D eigenvalue weighted by Crippen LogP contribution is 2.21. The summed E-state index contributed by atoms with van der Waals surface area (Å²) < 4.78 is 0. The Balaban J connectivity index is 2.21. The normalized spacial score (nSPS) is 15.5. The van der Waals surface area contributed by atoms with Crippen LogP contribution in [0.3, 0.4) is 0 Å². The van der Waals surface area contributed by atoms with Crippen LogP contribution in [0.1, 0.15) is 31.7 Å². The minimum atomic E-state index is 0.0762. The zero-order chi connectivity index (χ0) is 11.5. The third kappa shape index (κ3) is 2.13. The average Bonchev–Trinajstić information content (AvgIpc) is 2.61. The number of hydrogen-bond acceptors (Lipinski definition) is 2. The highest BCUT2D eigenvalue weighted by atomic mass is 16.2. The number of hydrogen-bond donors (Lipinski definition) is 0.